The Hall–Kier alpha value is -3.27. The Morgan fingerprint density at radius 1 is 1.00 bits per heavy atom. The molecule has 1 unspecified atom stereocenters. The molecule has 4 nitrogen and oxygen atoms in total. The number of fused-ring (bicyclic) bond motifs is 1. The van der Waals surface area contributed by atoms with Crippen LogP contribution in [0.1, 0.15) is 48.8 Å². The molecule has 160 valence electrons. The molecule has 3 aromatic rings. The van der Waals surface area contributed by atoms with E-state index in [1.807, 2.05) is 6.07 Å². The molecule has 0 saturated heterocycles. The van der Waals surface area contributed by atoms with Gasteiger partial charge in [0.25, 0.3) is 0 Å². The van der Waals surface area contributed by atoms with Crippen LogP contribution in [0.3, 0.4) is 0 Å². The van der Waals surface area contributed by atoms with Crippen LogP contribution in [-0.2, 0) is 10.2 Å². The molecular formula is C27H28O4. The minimum absolute atomic E-state index is 0.0583. The van der Waals surface area contributed by atoms with Crippen LogP contribution in [0.25, 0.3) is 0 Å². The highest BCUT2D eigenvalue weighted by Gasteiger charge is 2.31. The Balaban J connectivity index is 1.48. The molecule has 4 rings (SSSR count). The number of ether oxygens (including phenoxy) is 2. The van der Waals surface area contributed by atoms with Crippen molar-refractivity contribution in [2.24, 2.45) is 0 Å². The Morgan fingerprint density at radius 2 is 1.65 bits per heavy atom. The fourth-order valence-electron chi connectivity index (χ4n) is 4.54. The third-order valence-corrected chi connectivity index (χ3v) is 6.28. The van der Waals surface area contributed by atoms with E-state index in [1.165, 1.54) is 11.1 Å². The maximum absolute atomic E-state index is 10.8. The normalized spacial score (nSPS) is 15.2. The van der Waals surface area contributed by atoms with Gasteiger partial charge in [0.1, 0.15) is 0 Å². The Labute approximate surface area is 183 Å². The van der Waals surface area contributed by atoms with Gasteiger partial charge in [0, 0.05) is 16.9 Å². The van der Waals surface area contributed by atoms with Crippen LogP contribution in [0.15, 0.2) is 78.9 Å². The van der Waals surface area contributed by atoms with Gasteiger partial charge in [0.2, 0.25) is 0 Å². The smallest absolute Gasteiger partial charge is 0.341 e. The quantitative estimate of drug-likeness (QED) is 0.479. The molecule has 1 atom stereocenters. The van der Waals surface area contributed by atoms with E-state index in [9.17, 15) is 4.79 Å². The lowest BCUT2D eigenvalue weighted by molar-refractivity contribution is -0.139. The number of carboxylic acids is 1. The van der Waals surface area contributed by atoms with E-state index >= 15 is 0 Å². The van der Waals surface area contributed by atoms with Crippen molar-refractivity contribution in [3.8, 4) is 11.5 Å². The van der Waals surface area contributed by atoms with Crippen LogP contribution in [0.4, 0.5) is 0 Å². The topological polar surface area (TPSA) is 55.8 Å². The van der Waals surface area contributed by atoms with Crippen molar-refractivity contribution in [3.05, 3.63) is 95.6 Å². The Bertz CT molecular complexity index is 974. The van der Waals surface area contributed by atoms with Crippen molar-refractivity contribution in [3.63, 3.8) is 0 Å². The predicted octanol–water partition coefficient (Wildman–Crippen LogP) is 5.80. The first-order valence-electron chi connectivity index (χ1n) is 10.8. The standard InChI is InChI=1S/C27H28O4/c1-27(21-11-4-2-5-12-21,22-13-6-3-7-14-22)17-9-10-20-18-31-26-23(20)15-8-16-24(26)30-19-25(28)29/h2-8,11-16,20H,9-10,17-19H2,1H3,(H,28,29). The van der Waals surface area contributed by atoms with Crippen molar-refractivity contribution < 1.29 is 19.4 Å². The fraction of sp³-hybridized carbons (Fsp3) is 0.296. The van der Waals surface area contributed by atoms with E-state index in [0.717, 1.165) is 24.8 Å². The summed E-state index contributed by atoms with van der Waals surface area (Å²) in [6.45, 7) is 2.57. The first kappa shape index (κ1) is 21.0. The molecule has 0 saturated carbocycles. The van der Waals surface area contributed by atoms with Gasteiger partial charge >= 0.3 is 5.97 Å². The van der Waals surface area contributed by atoms with Gasteiger partial charge in [-0.05, 0) is 30.0 Å². The lowest BCUT2D eigenvalue weighted by Crippen LogP contribution is -2.24. The summed E-state index contributed by atoms with van der Waals surface area (Å²) in [4.78, 5) is 10.8. The summed E-state index contributed by atoms with van der Waals surface area (Å²) in [5, 5.41) is 8.89. The minimum Gasteiger partial charge on any atom is -0.489 e. The zero-order chi connectivity index (χ0) is 21.7. The Morgan fingerprint density at radius 3 is 2.26 bits per heavy atom. The summed E-state index contributed by atoms with van der Waals surface area (Å²) in [5.74, 6) is 0.510. The molecule has 0 spiro atoms. The molecule has 1 aliphatic rings. The van der Waals surface area contributed by atoms with E-state index in [-0.39, 0.29) is 12.0 Å². The van der Waals surface area contributed by atoms with Crippen LogP contribution in [-0.4, -0.2) is 24.3 Å². The van der Waals surface area contributed by atoms with Gasteiger partial charge in [0.15, 0.2) is 18.1 Å². The highest BCUT2D eigenvalue weighted by Crippen LogP contribution is 2.44. The van der Waals surface area contributed by atoms with E-state index in [4.69, 9.17) is 14.6 Å². The second kappa shape index (κ2) is 9.25. The van der Waals surface area contributed by atoms with Gasteiger partial charge < -0.3 is 14.6 Å². The summed E-state index contributed by atoms with van der Waals surface area (Å²) in [5.41, 5.74) is 3.71. The van der Waals surface area contributed by atoms with Crippen LogP contribution in [0.5, 0.6) is 11.5 Å². The van der Waals surface area contributed by atoms with Gasteiger partial charge in [0.05, 0.1) is 6.61 Å². The summed E-state index contributed by atoms with van der Waals surface area (Å²) in [6, 6.07) is 27.2. The molecule has 1 heterocycles. The number of aliphatic carboxylic acids is 1. The first-order valence-corrected chi connectivity index (χ1v) is 10.8. The van der Waals surface area contributed by atoms with Crippen LogP contribution in [0.2, 0.25) is 0 Å². The van der Waals surface area contributed by atoms with E-state index in [1.54, 1.807) is 6.07 Å². The molecule has 1 N–H and O–H groups in total. The maximum Gasteiger partial charge on any atom is 0.341 e. The van der Waals surface area contributed by atoms with Gasteiger partial charge in [-0.3, -0.25) is 0 Å². The molecule has 3 aromatic carbocycles. The Kier molecular flexibility index (Phi) is 6.26. The number of carboxylic acid groups (broad SMARTS) is 1. The number of para-hydroxylation sites is 1. The summed E-state index contributed by atoms with van der Waals surface area (Å²) in [6.07, 6.45) is 3.08. The minimum atomic E-state index is -0.992. The van der Waals surface area contributed by atoms with Crippen molar-refractivity contribution >= 4 is 5.97 Å². The average Bonchev–Trinajstić information content (AvgIpc) is 3.22. The second-order valence-corrected chi connectivity index (χ2v) is 8.32. The van der Waals surface area contributed by atoms with E-state index < -0.39 is 5.97 Å². The molecule has 4 heteroatoms. The number of hydrogen-bond acceptors (Lipinski definition) is 3. The first-order chi connectivity index (χ1) is 15.1. The molecule has 0 bridgehead atoms. The van der Waals surface area contributed by atoms with E-state index in [2.05, 4.69) is 73.7 Å². The zero-order valence-corrected chi connectivity index (χ0v) is 17.8. The third kappa shape index (κ3) is 4.58. The summed E-state index contributed by atoms with van der Waals surface area (Å²) >= 11 is 0. The molecule has 0 amide bonds. The highest BCUT2D eigenvalue weighted by atomic mass is 16.5. The average molecular weight is 417 g/mol. The van der Waals surface area contributed by atoms with E-state index in [0.29, 0.717) is 24.0 Å². The SMILES string of the molecule is CC(CCCC1COc2c(OCC(=O)O)cccc21)(c1ccccc1)c1ccccc1. The molecule has 0 radical (unpaired) electrons. The van der Waals surface area contributed by atoms with Crippen molar-refractivity contribution in [2.75, 3.05) is 13.2 Å². The van der Waals surface area contributed by atoms with Crippen molar-refractivity contribution in [2.45, 2.75) is 37.5 Å². The third-order valence-electron chi connectivity index (χ3n) is 6.28. The van der Waals surface area contributed by atoms with Crippen LogP contribution < -0.4 is 9.47 Å². The largest absolute Gasteiger partial charge is 0.489 e. The monoisotopic (exact) mass is 416 g/mol. The van der Waals surface area contributed by atoms with Gasteiger partial charge in [-0.2, -0.15) is 0 Å². The zero-order valence-electron chi connectivity index (χ0n) is 17.8. The highest BCUT2D eigenvalue weighted by molar-refractivity contribution is 5.68. The number of rotatable bonds is 9. The van der Waals surface area contributed by atoms with Gasteiger partial charge in [-0.25, -0.2) is 4.79 Å². The lowest BCUT2D eigenvalue weighted by Gasteiger charge is -2.31. The number of benzene rings is 3. The second-order valence-electron chi connectivity index (χ2n) is 8.32. The molecule has 0 fully saturated rings. The van der Waals surface area contributed by atoms with Crippen molar-refractivity contribution in [1.82, 2.24) is 0 Å². The molecule has 31 heavy (non-hydrogen) atoms. The summed E-state index contributed by atoms with van der Waals surface area (Å²) in [7, 11) is 0. The number of hydrogen-bond donors (Lipinski definition) is 1. The molecule has 0 aliphatic carbocycles. The van der Waals surface area contributed by atoms with Crippen molar-refractivity contribution in [1.29, 1.82) is 0 Å². The molecular weight excluding hydrogens is 388 g/mol. The predicted molar refractivity (Wildman–Crippen MR) is 121 cm³/mol. The van der Waals surface area contributed by atoms with Gasteiger partial charge in [-0.15, -0.1) is 0 Å². The molecule has 0 aromatic heterocycles. The van der Waals surface area contributed by atoms with Crippen LogP contribution in [0, 0.1) is 0 Å². The van der Waals surface area contributed by atoms with Crippen LogP contribution >= 0.6 is 0 Å². The molecule has 1 aliphatic heterocycles. The van der Waals surface area contributed by atoms with Gasteiger partial charge in [-0.1, -0.05) is 86.1 Å². The summed E-state index contributed by atoms with van der Waals surface area (Å²) < 4.78 is 11.3. The fourth-order valence-corrected chi connectivity index (χ4v) is 4.54. The maximum atomic E-state index is 10.8. The number of carbonyl (C=O) groups is 1. The lowest BCUT2D eigenvalue weighted by atomic mass is 9.72.